The Labute approximate surface area is 211 Å². The first-order valence-electron chi connectivity index (χ1n) is 10.1. The molecule has 4 nitrogen and oxygen atoms in total. The zero-order valence-corrected chi connectivity index (χ0v) is 20.4. The van der Waals surface area contributed by atoms with Crippen LogP contribution in [-0.2, 0) is 13.1 Å². The monoisotopic (exact) mass is 519 g/mol. The van der Waals surface area contributed by atoms with Gasteiger partial charge in [0.15, 0.2) is 5.76 Å². The number of aryl methyl sites for hydroxylation is 1. The maximum Gasteiger partial charge on any atom is 0.232 e. The molecule has 33 heavy (non-hydrogen) atoms. The van der Waals surface area contributed by atoms with Crippen molar-refractivity contribution in [2.45, 2.75) is 20.0 Å². The molecular formula is C25H17Cl4NO3. The molecule has 0 saturated carbocycles. The van der Waals surface area contributed by atoms with E-state index in [0.717, 1.165) is 22.4 Å². The van der Waals surface area contributed by atoms with Gasteiger partial charge in [0.25, 0.3) is 0 Å². The first kappa shape index (κ1) is 22.6. The molecule has 0 unspecified atom stereocenters. The van der Waals surface area contributed by atoms with Crippen LogP contribution in [0.3, 0.4) is 0 Å². The topological polar surface area (TPSA) is 38.8 Å². The molecule has 0 aliphatic carbocycles. The van der Waals surface area contributed by atoms with Crippen molar-refractivity contribution >= 4 is 58.3 Å². The van der Waals surface area contributed by atoms with Crippen molar-refractivity contribution in [3.8, 4) is 11.5 Å². The van der Waals surface area contributed by atoms with Crippen molar-refractivity contribution in [1.82, 2.24) is 4.90 Å². The van der Waals surface area contributed by atoms with Crippen LogP contribution in [0, 0.1) is 6.92 Å². The molecule has 3 aromatic carbocycles. The van der Waals surface area contributed by atoms with Crippen molar-refractivity contribution < 1.29 is 14.3 Å². The number of allylic oxidation sites excluding steroid dienone is 1. The molecule has 0 fully saturated rings. The molecule has 5 rings (SSSR count). The molecule has 0 saturated heterocycles. The predicted molar refractivity (Wildman–Crippen MR) is 132 cm³/mol. The number of nitrogens with zero attached hydrogens (tertiary/aromatic N) is 1. The van der Waals surface area contributed by atoms with Crippen LogP contribution in [0.25, 0.3) is 6.08 Å². The van der Waals surface area contributed by atoms with Gasteiger partial charge in [-0.1, -0.05) is 58.5 Å². The fourth-order valence-corrected chi connectivity index (χ4v) is 4.82. The smallest absolute Gasteiger partial charge is 0.232 e. The number of hydrogen-bond acceptors (Lipinski definition) is 4. The van der Waals surface area contributed by atoms with Crippen LogP contribution in [0.5, 0.6) is 11.5 Å². The summed E-state index contributed by atoms with van der Waals surface area (Å²) >= 11 is 24.5. The highest BCUT2D eigenvalue weighted by molar-refractivity contribution is 6.42. The molecule has 2 aliphatic heterocycles. The van der Waals surface area contributed by atoms with E-state index in [1.165, 1.54) is 0 Å². The maximum absolute atomic E-state index is 13.2. The van der Waals surface area contributed by atoms with Crippen LogP contribution in [-0.4, -0.2) is 17.4 Å². The number of hydrogen-bond donors (Lipinski definition) is 0. The van der Waals surface area contributed by atoms with Gasteiger partial charge in [0, 0.05) is 23.1 Å². The first-order valence-corrected chi connectivity index (χ1v) is 11.7. The van der Waals surface area contributed by atoms with Crippen molar-refractivity contribution in [3.05, 3.63) is 96.1 Å². The number of carbonyl (C=O) groups excluding carboxylic acids is 1. The highest BCUT2D eigenvalue weighted by Gasteiger charge is 2.35. The number of ether oxygens (including phenoxy) is 2. The first-order chi connectivity index (χ1) is 15.8. The van der Waals surface area contributed by atoms with Crippen LogP contribution in [0.1, 0.15) is 32.6 Å². The second kappa shape index (κ2) is 8.86. The number of rotatable bonds is 3. The molecule has 2 heterocycles. The average Bonchev–Trinajstić information content (AvgIpc) is 3.10. The molecule has 0 aromatic heterocycles. The van der Waals surface area contributed by atoms with Crippen molar-refractivity contribution in [1.29, 1.82) is 0 Å². The Bertz CT molecular complexity index is 1340. The fraction of sp³-hybridized carbons (Fsp3) is 0.160. The van der Waals surface area contributed by atoms with Crippen LogP contribution < -0.4 is 9.47 Å². The van der Waals surface area contributed by atoms with E-state index in [4.69, 9.17) is 55.9 Å². The molecule has 0 N–H and O–H groups in total. The third-order valence-corrected chi connectivity index (χ3v) is 6.93. The van der Waals surface area contributed by atoms with Crippen molar-refractivity contribution in [3.63, 3.8) is 0 Å². The standard InChI is InChI=1S/C25H17Cl4NO3/c1-13-6-21-17(11-30(12-32-21)10-14-2-5-18(27)20(29)7-14)25-23(13)24(31)22(33-25)8-15-3-4-16(26)9-19(15)28/h2-9H,10-12H2,1H3/b22-8-. The number of benzene rings is 3. The summed E-state index contributed by atoms with van der Waals surface area (Å²) in [5, 5.41) is 1.99. The minimum Gasteiger partial charge on any atom is -0.478 e. The summed E-state index contributed by atoms with van der Waals surface area (Å²) < 4.78 is 12.1. The fourth-order valence-electron chi connectivity index (χ4n) is 4.03. The van der Waals surface area contributed by atoms with E-state index in [1.54, 1.807) is 30.3 Å². The lowest BCUT2D eigenvalue weighted by molar-refractivity contribution is 0.0872. The van der Waals surface area contributed by atoms with E-state index in [2.05, 4.69) is 4.90 Å². The molecule has 3 aromatic rings. The van der Waals surface area contributed by atoms with Gasteiger partial charge in [0.2, 0.25) is 5.78 Å². The van der Waals surface area contributed by atoms with Crippen molar-refractivity contribution in [2.24, 2.45) is 0 Å². The SMILES string of the molecule is Cc1cc2c(c3c1C(=O)/C(=C/c1ccc(Cl)cc1Cl)O3)CN(Cc1ccc(Cl)c(Cl)c1)CO2. The summed E-state index contributed by atoms with van der Waals surface area (Å²) in [4.78, 5) is 15.3. The Hall–Kier alpha value is -2.21. The highest BCUT2D eigenvalue weighted by atomic mass is 35.5. The normalized spacial score (nSPS) is 16.4. The van der Waals surface area contributed by atoms with Crippen LogP contribution in [0.4, 0.5) is 0 Å². The number of Topliss-reactive ketones (excluding diaryl/α,β-unsaturated/α-hetero) is 1. The quantitative estimate of drug-likeness (QED) is 0.333. The van der Waals surface area contributed by atoms with Gasteiger partial charge in [-0.2, -0.15) is 0 Å². The van der Waals surface area contributed by atoms with Gasteiger partial charge in [-0.25, -0.2) is 0 Å². The Morgan fingerprint density at radius 2 is 1.82 bits per heavy atom. The van der Waals surface area contributed by atoms with Crippen LogP contribution in [0.15, 0.2) is 48.2 Å². The predicted octanol–water partition coefficient (Wildman–Crippen LogP) is 7.58. The molecule has 0 spiro atoms. The largest absolute Gasteiger partial charge is 0.478 e. The van der Waals surface area contributed by atoms with Crippen molar-refractivity contribution in [2.75, 3.05) is 6.73 Å². The van der Waals surface area contributed by atoms with Gasteiger partial charge in [-0.05, 0) is 60.0 Å². The highest BCUT2D eigenvalue weighted by Crippen LogP contribution is 2.44. The van der Waals surface area contributed by atoms with E-state index >= 15 is 0 Å². The molecule has 168 valence electrons. The summed E-state index contributed by atoms with van der Waals surface area (Å²) in [5.74, 6) is 1.28. The van der Waals surface area contributed by atoms with E-state index in [9.17, 15) is 4.79 Å². The van der Waals surface area contributed by atoms with Gasteiger partial charge < -0.3 is 9.47 Å². The third kappa shape index (κ3) is 4.34. The lowest BCUT2D eigenvalue weighted by Crippen LogP contribution is -2.31. The van der Waals surface area contributed by atoms with Gasteiger partial charge >= 0.3 is 0 Å². The molecule has 0 atom stereocenters. The Kier molecular flexibility index (Phi) is 6.06. The minimum absolute atomic E-state index is 0.182. The number of halogens is 4. The Morgan fingerprint density at radius 1 is 1.00 bits per heavy atom. The van der Waals surface area contributed by atoms with Crippen LogP contribution in [0.2, 0.25) is 20.1 Å². The van der Waals surface area contributed by atoms with Gasteiger partial charge in [-0.15, -0.1) is 0 Å². The zero-order chi connectivity index (χ0) is 23.3. The van der Waals surface area contributed by atoms with E-state index in [1.807, 2.05) is 25.1 Å². The summed E-state index contributed by atoms with van der Waals surface area (Å²) in [6.45, 7) is 3.45. The van der Waals surface area contributed by atoms with Gasteiger partial charge in [-0.3, -0.25) is 9.69 Å². The Balaban J connectivity index is 1.46. The maximum atomic E-state index is 13.2. The summed E-state index contributed by atoms with van der Waals surface area (Å²) in [5.41, 5.74) is 3.85. The third-order valence-electron chi connectivity index (χ3n) is 5.63. The second-order valence-electron chi connectivity index (χ2n) is 7.99. The summed E-state index contributed by atoms with van der Waals surface area (Å²) in [6, 6.07) is 12.5. The molecular weight excluding hydrogens is 504 g/mol. The average molecular weight is 521 g/mol. The lowest BCUT2D eigenvalue weighted by Gasteiger charge is -2.30. The number of fused-ring (bicyclic) bond motifs is 3. The van der Waals surface area contributed by atoms with Crippen LogP contribution >= 0.6 is 46.4 Å². The molecule has 2 aliphatic rings. The van der Waals surface area contributed by atoms with Gasteiger partial charge in [0.1, 0.15) is 18.2 Å². The molecule has 8 heteroatoms. The van der Waals surface area contributed by atoms with E-state index in [-0.39, 0.29) is 11.5 Å². The number of ketones is 1. The van der Waals surface area contributed by atoms with E-state index < -0.39 is 0 Å². The van der Waals surface area contributed by atoms with E-state index in [0.29, 0.717) is 56.8 Å². The number of carbonyl (C=O) groups is 1. The van der Waals surface area contributed by atoms with Gasteiger partial charge in [0.05, 0.1) is 21.2 Å². The molecule has 0 bridgehead atoms. The lowest BCUT2D eigenvalue weighted by atomic mass is 9.98. The zero-order valence-electron chi connectivity index (χ0n) is 17.4. The molecule has 0 amide bonds. The minimum atomic E-state index is -0.182. The summed E-state index contributed by atoms with van der Waals surface area (Å²) in [6.07, 6.45) is 1.64. The molecule has 0 radical (unpaired) electrons. The Morgan fingerprint density at radius 3 is 2.58 bits per heavy atom. The second-order valence-corrected chi connectivity index (χ2v) is 9.65. The summed E-state index contributed by atoms with van der Waals surface area (Å²) in [7, 11) is 0.